The van der Waals surface area contributed by atoms with Gasteiger partial charge in [-0.25, -0.2) is 4.68 Å². The highest BCUT2D eigenvalue weighted by Crippen LogP contribution is 2.30. The van der Waals surface area contributed by atoms with E-state index in [1.165, 1.54) is 4.68 Å². The lowest BCUT2D eigenvalue weighted by Crippen LogP contribution is -2.33. The molecule has 21 heavy (non-hydrogen) atoms. The van der Waals surface area contributed by atoms with E-state index in [2.05, 4.69) is 15.7 Å². The summed E-state index contributed by atoms with van der Waals surface area (Å²) in [6.45, 7) is 9.88. The Morgan fingerprint density at radius 3 is 2.48 bits per heavy atom. The molecule has 1 aromatic heterocycles. The molecule has 0 aliphatic rings. The molecule has 0 radical (unpaired) electrons. The second-order valence-electron chi connectivity index (χ2n) is 5.63. The molecule has 0 aliphatic heterocycles. The van der Waals surface area contributed by atoms with Crippen LogP contribution in [0.4, 0.5) is 11.5 Å². The first-order chi connectivity index (χ1) is 9.73. The first-order valence-corrected chi connectivity index (χ1v) is 6.98. The molecular weight excluding hydrogens is 274 g/mol. The van der Waals surface area contributed by atoms with Gasteiger partial charge in [0, 0.05) is 12.6 Å². The van der Waals surface area contributed by atoms with Gasteiger partial charge in [0.05, 0.1) is 11.5 Å². The molecule has 0 aliphatic carbocycles. The van der Waals surface area contributed by atoms with Gasteiger partial charge in [-0.05, 0) is 26.7 Å². The summed E-state index contributed by atoms with van der Waals surface area (Å²) in [5.41, 5.74) is 0.249. The van der Waals surface area contributed by atoms with Gasteiger partial charge in [0.2, 0.25) is 11.7 Å². The molecule has 0 unspecified atom stereocenters. The number of rotatable bonds is 7. The SMILES string of the molecule is Cc1nn(C(C)C)c(NCC(=O)NCC(C)C)c1[N+](=O)[O-]. The van der Waals surface area contributed by atoms with Crippen LogP contribution in [-0.2, 0) is 4.79 Å². The van der Waals surface area contributed by atoms with E-state index >= 15 is 0 Å². The van der Waals surface area contributed by atoms with Crippen molar-refractivity contribution in [2.75, 3.05) is 18.4 Å². The van der Waals surface area contributed by atoms with E-state index in [4.69, 9.17) is 0 Å². The second-order valence-corrected chi connectivity index (χ2v) is 5.63. The highest BCUT2D eigenvalue weighted by molar-refractivity contribution is 5.81. The molecule has 8 nitrogen and oxygen atoms in total. The summed E-state index contributed by atoms with van der Waals surface area (Å²) in [4.78, 5) is 22.4. The third-order valence-electron chi connectivity index (χ3n) is 2.85. The van der Waals surface area contributed by atoms with Crippen molar-refractivity contribution >= 4 is 17.4 Å². The maximum atomic E-state index is 11.7. The average molecular weight is 297 g/mol. The van der Waals surface area contributed by atoms with E-state index < -0.39 is 4.92 Å². The van der Waals surface area contributed by atoms with Crippen molar-refractivity contribution in [2.45, 2.75) is 40.7 Å². The summed E-state index contributed by atoms with van der Waals surface area (Å²) < 4.78 is 1.53. The number of aromatic nitrogens is 2. The number of nitrogens with zero attached hydrogens (tertiary/aromatic N) is 3. The minimum absolute atomic E-state index is 0.0224. The Bertz CT molecular complexity index is 522. The molecule has 0 saturated carbocycles. The summed E-state index contributed by atoms with van der Waals surface area (Å²) >= 11 is 0. The van der Waals surface area contributed by atoms with Crippen molar-refractivity contribution in [3.8, 4) is 0 Å². The fourth-order valence-electron chi connectivity index (χ4n) is 1.84. The molecule has 8 heteroatoms. The van der Waals surface area contributed by atoms with E-state index in [0.29, 0.717) is 18.2 Å². The van der Waals surface area contributed by atoms with Crippen LogP contribution in [0.3, 0.4) is 0 Å². The third-order valence-corrected chi connectivity index (χ3v) is 2.85. The predicted octanol–water partition coefficient (Wildman–Crippen LogP) is 1.86. The van der Waals surface area contributed by atoms with Crippen LogP contribution in [0.15, 0.2) is 0 Å². The Labute approximate surface area is 124 Å². The van der Waals surface area contributed by atoms with E-state index in [-0.39, 0.29) is 30.0 Å². The highest BCUT2D eigenvalue weighted by atomic mass is 16.6. The first kappa shape index (κ1) is 16.9. The maximum Gasteiger partial charge on any atom is 0.333 e. The molecule has 0 saturated heterocycles. The number of carbonyl (C=O) groups excluding carboxylic acids is 1. The van der Waals surface area contributed by atoms with Gasteiger partial charge in [-0.1, -0.05) is 13.8 Å². The molecular formula is C13H23N5O3. The summed E-state index contributed by atoms with van der Waals surface area (Å²) in [6, 6.07) is -0.0429. The molecule has 0 aromatic carbocycles. The van der Waals surface area contributed by atoms with Crippen LogP contribution >= 0.6 is 0 Å². The van der Waals surface area contributed by atoms with Crippen LogP contribution < -0.4 is 10.6 Å². The van der Waals surface area contributed by atoms with E-state index in [1.54, 1.807) is 6.92 Å². The molecule has 1 aromatic rings. The molecule has 0 spiro atoms. The number of anilines is 1. The average Bonchev–Trinajstić information content (AvgIpc) is 2.70. The Kier molecular flexibility index (Phi) is 5.69. The van der Waals surface area contributed by atoms with Gasteiger partial charge < -0.3 is 10.6 Å². The third kappa shape index (κ3) is 4.44. The first-order valence-electron chi connectivity index (χ1n) is 6.98. The largest absolute Gasteiger partial charge is 0.355 e. The van der Waals surface area contributed by atoms with Crippen molar-refractivity contribution in [1.82, 2.24) is 15.1 Å². The summed E-state index contributed by atoms with van der Waals surface area (Å²) in [5, 5.41) is 20.9. The zero-order valence-electron chi connectivity index (χ0n) is 13.1. The Hall–Kier alpha value is -2.12. The number of hydrogen-bond acceptors (Lipinski definition) is 5. The number of aryl methyl sites for hydroxylation is 1. The predicted molar refractivity (Wildman–Crippen MR) is 80.3 cm³/mol. The Morgan fingerprint density at radius 1 is 1.38 bits per heavy atom. The molecule has 1 amide bonds. The van der Waals surface area contributed by atoms with Crippen LogP contribution in [-0.4, -0.2) is 33.7 Å². The summed E-state index contributed by atoms with van der Waals surface area (Å²) in [7, 11) is 0. The standard InChI is InChI=1S/C13H23N5O3/c1-8(2)6-14-11(19)7-15-13-12(18(20)21)10(5)16-17(13)9(3)4/h8-9,15H,6-7H2,1-5H3,(H,14,19). The maximum absolute atomic E-state index is 11.7. The van der Waals surface area contributed by atoms with Crippen molar-refractivity contribution in [1.29, 1.82) is 0 Å². The van der Waals surface area contributed by atoms with Crippen LogP contribution in [0, 0.1) is 23.0 Å². The Morgan fingerprint density at radius 2 is 2.00 bits per heavy atom. The molecule has 0 atom stereocenters. The van der Waals surface area contributed by atoms with Gasteiger partial charge in [-0.2, -0.15) is 5.10 Å². The van der Waals surface area contributed by atoms with Gasteiger partial charge in [-0.3, -0.25) is 14.9 Å². The summed E-state index contributed by atoms with van der Waals surface area (Å²) in [5.74, 6) is 0.422. The minimum atomic E-state index is -0.477. The molecule has 1 rings (SSSR count). The summed E-state index contributed by atoms with van der Waals surface area (Å²) in [6.07, 6.45) is 0. The lowest BCUT2D eigenvalue weighted by molar-refractivity contribution is -0.384. The van der Waals surface area contributed by atoms with E-state index in [0.717, 1.165) is 0 Å². The second kappa shape index (κ2) is 7.05. The van der Waals surface area contributed by atoms with Gasteiger partial charge >= 0.3 is 5.69 Å². The van der Waals surface area contributed by atoms with E-state index in [1.807, 2.05) is 27.7 Å². The number of nitro groups is 1. The van der Waals surface area contributed by atoms with Gasteiger partial charge in [0.1, 0.15) is 5.69 Å². The lowest BCUT2D eigenvalue weighted by atomic mass is 10.2. The quantitative estimate of drug-likeness (QED) is 0.591. The molecule has 1 heterocycles. The topological polar surface area (TPSA) is 102 Å². The normalized spacial score (nSPS) is 11.0. The van der Waals surface area contributed by atoms with Crippen molar-refractivity contribution in [3.05, 3.63) is 15.8 Å². The Balaban J connectivity index is 2.86. The van der Waals surface area contributed by atoms with Gasteiger partial charge in [-0.15, -0.1) is 0 Å². The highest BCUT2D eigenvalue weighted by Gasteiger charge is 2.26. The minimum Gasteiger partial charge on any atom is -0.355 e. The molecule has 2 N–H and O–H groups in total. The lowest BCUT2D eigenvalue weighted by Gasteiger charge is -2.12. The van der Waals surface area contributed by atoms with E-state index in [9.17, 15) is 14.9 Å². The smallest absolute Gasteiger partial charge is 0.333 e. The van der Waals surface area contributed by atoms with Crippen LogP contribution in [0.2, 0.25) is 0 Å². The van der Waals surface area contributed by atoms with Gasteiger partial charge in [0.15, 0.2) is 0 Å². The number of amides is 1. The fraction of sp³-hybridized carbons (Fsp3) is 0.692. The zero-order valence-corrected chi connectivity index (χ0v) is 13.1. The van der Waals surface area contributed by atoms with Crippen molar-refractivity contribution in [3.63, 3.8) is 0 Å². The van der Waals surface area contributed by atoms with Crippen LogP contribution in [0.25, 0.3) is 0 Å². The number of carbonyl (C=O) groups is 1. The molecule has 0 fully saturated rings. The molecule has 0 bridgehead atoms. The van der Waals surface area contributed by atoms with Crippen molar-refractivity contribution in [2.24, 2.45) is 5.92 Å². The monoisotopic (exact) mass is 297 g/mol. The number of nitrogens with one attached hydrogen (secondary N) is 2. The number of hydrogen-bond donors (Lipinski definition) is 2. The zero-order chi connectivity index (χ0) is 16.2. The van der Waals surface area contributed by atoms with Crippen LogP contribution in [0.5, 0.6) is 0 Å². The van der Waals surface area contributed by atoms with Crippen molar-refractivity contribution < 1.29 is 9.72 Å². The van der Waals surface area contributed by atoms with Gasteiger partial charge in [0.25, 0.3) is 0 Å². The van der Waals surface area contributed by atoms with Crippen LogP contribution in [0.1, 0.15) is 39.4 Å². The molecule has 118 valence electrons. The fourth-order valence-corrected chi connectivity index (χ4v) is 1.84.